The summed E-state index contributed by atoms with van der Waals surface area (Å²) < 4.78 is 16.0. The van der Waals surface area contributed by atoms with Crippen LogP contribution in [0.25, 0.3) is 0 Å². The number of rotatable bonds is 21. The monoisotopic (exact) mass is 1420 g/mol. The van der Waals surface area contributed by atoms with E-state index in [0.717, 1.165) is 107 Å². The Labute approximate surface area is 620 Å². The molecule has 14 nitrogen and oxygen atoms in total. The molecule has 0 radical (unpaired) electrons. The summed E-state index contributed by atoms with van der Waals surface area (Å²) in [6, 6.07) is 0. The van der Waals surface area contributed by atoms with E-state index in [9.17, 15) is 38.4 Å². The topological polar surface area (TPSA) is 183 Å². The van der Waals surface area contributed by atoms with E-state index in [1.165, 1.54) is 43.6 Å². The molecular formula is C87H155N3O11. The van der Waals surface area contributed by atoms with Crippen molar-refractivity contribution in [3.8, 4) is 0 Å². The summed E-state index contributed by atoms with van der Waals surface area (Å²) in [7, 11) is 7.86. The molecule has 0 fully saturated rings. The molecule has 0 heterocycles. The molecule has 584 valence electrons. The van der Waals surface area contributed by atoms with Gasteiger partial charge in [0.25, 0.3) is 0 Å². The summed E-state index contributed by atoms with van der Waals surface area (Å²) in [6.07, 6.45) is 34.0. The van der Waals surface area contributed by atoms with Crippen LogP contribution < -0.4 is 5.32 Å². The molecule has 0 aliphatic heterocycles. The van der Waals surface area contributed by atoms with Crippen LogP contribution in [-0.2, 0) is 52.6 Å². The number of hydrogen-bond acceptors (Lipinski definition) is 13. The number of allylic oxidation sites excluding steroid dienone is 8. The largest absolute Gasteiger partial charge is 0.456 e. The zero-order chi connectivity index (χ0) is 80.6. The van der Waals surface area contributed by atoms with E-state index in [2.05, 4.69) is 141 Å². The van der Waals surface area contributed by atoms with E-state index < -0.39 is 16.8 Å². The van der Waals surface area contributed by atoms with E-state index in [1.807, 2.05) is 148 Å². The highest BCUT2D eigenvalue weighted by atomic mass is 16.6. The van der Waals surface area contributed by atoms with Crippen LogP contribution >= 0.6 is 0 Å². The van der Waals surface area contributed by atoms with E-state index in [1.54, 1.807) is 25.2 Å². The Hall–Kier alpha value is -5.60. The van der Waals surface area contributed by atoms with Crippen LogP contribution in [0.3, 0.4) is 0 Å². The molecule has 14 heteroatoms. The molecule has 1 amide bonds. The fourth-order valence-electron chi connectivity index (χ4n) is 7.37. The fourth-order valence-corrected chi connectivity index (χ4v) is 7.37. The van der Waals surface area contributed by atoms with Crippen molar-refractivity contribution in [3.63, 3.8) is 0 Å². The van der Waals surface area contributed by atoms with Gasteiger partial charge >= 0.3 is 17.9 Å². The van der Waals surface area contributed by atoms with Crippen molar-refractivity contribution in [1.29, 1.82) is 0 Å². The van der Waals surface area contributed by atoms with Crippen molar-refractivity contribution in [1.82, 2.24) is 15.1 Å². The van der Waals surface area contributed by atoms with Crippen molar-refractivity contribution in [3.05, 3.63) is 96.7 Å². The Bertz CT molecular complexity index is 2720. The number of carbonyl (C=O) groups is 8. The van der Waals surface area contributed by atoms with Crippen LogP contribution in [-0.4, -0.2) is 120 Å². The lowest BCUT2D eigenvalue weighted by molar-refractivity contribution is -0.161. The molecule has 0 unspecified atom stereocenters. The lowest BCUT2D eigenvalue weighted by Gasteiger charge is -2.37. The first-order valence-corrected chi connectivity index (χ1v) is 37.0. The average molecular weight is 1420 g/mol. The molecule has 0 saturated carbocycles. The highest BCUT2D eigenvalue weighted by molar-refractivity contribution is 5.97. The van der Waals surface area contributed by atoms with Gasteiger partial charge in [-0.3, -0.25) is 24.0 Å². The fraction of sp³-hybridized carbons (Fsp3) is 0.724. The van der Waals surface area contributed by atoms with Crippen molar-refractivity contribution in [2.75, 3.05) is 41.3 Å². The van der Waals surface area contributed by atoms with Crippen LogP contribution in [0, 0.1) is 37.9 Å². The van der Waals surface area contributed by atoms with Crippen LogP contribution in [0.4, 0.5) is 0 Å². The highest BCUT2D eigenvalue weighted by Crippen LogP contribution is 2.36. The Morgan fingerprint density at radius 1 is 0.416 bits per heavy atom. The lowest BCUT2D eigenvalue weighted by Crippen LogP contribution is -2.40. The lowest BCUT2D eigenvalue weighted by atomic mass is 9.79. The third-order valence-electron chi connectivity index (χ3n) is 17.4. The number of likely N-dealkylation sites (N-methyl/N-ethyl adjacent to an activating group) is 2. The number of amides is 1. The average Bonchev–Trinajstić information content (AvgIpc) is 1.24. The standard InChI is InChI=1S/C13H25NO2.C13H22O.C12H20O.C11H20O2.C11H18O.C10H19NO.C10H18O2.C7H13NO/c1-12(2,3)13(4,5)16-11(15)9-8-10-14(6)7;1-13(2,3)10-9-12(14)11-7-5-4-6-8-11;1-12(2,3)9-8-11(13)10-6-4-5-7-10;1-7-8-9(12)13-11(5,6)10(2,3)4;1-11(2,3)8-7-10(12)9-5-4-6-9;1-10(2,3)9(12)7-6-8-11(4)5;1-7-8(11)12-10(5,6)9(2,3)4;1-5-6(9)8-7(2,3)4/h8-9H,10H2,1-7H3;7H,4-6,8-10H2,1-3H3;6H,4-5,7-9H2,1-3H3;7-8H,1-6H3;5H,4,6-8H2,1-3H3;6-7H,8H2,1-5H3;7H,1H2,2-6H3;5H,1H2,2-4H3,(H,8,9)/b9-8+;;;8-7+;;7-6+;;. The highest BCUT2D eigenvalue weighted by Gasteiger charge is 2.38. The maximum atomic E-state index is 11.8. The Morgan fingerprint density at radius 3 is 0.970 bits per heavy atom. The number of ether oxygens (including phenoxy) is 3. The molecule has 0 saturated heterocycles. The quantitative estimate of drug-likeness (QED) is 0.0651. The normalized spacial score (nSPS) is 14.5. The molecule has 0 bridgehead atoms. The van der Waals surface area contributed by atoms with E-state index in [4.69, 9.17) is 14.2 Å². The summed E-state index contributed by atoms with van der Waals surface area (Å²) in [5.41, 5.74) is 2.17. The zero-order valence-electron chi connectivity index (χ0n) is 71.7. The first-order valence-electron chi connectivity index (χ1n) is 37.0. The van der Waals surface area contributed by atoms with Crippen LogP contribution in [0.15, 0.2) is 96.7 Å². The number of esters is 3. The molecule has 0 atom stereocenters. The molecular weight excluding hydrogens is 1260 g/mol. The zero-order valence-corrected chi connectivity index (χ0v) is 71.7. The van der Waals surface area contributed by atoms with Gasteiger partial charge in [0.15, 0.2) is 23.1 Å². The summed E-state index contributed by atoms with van der Waals surface area (Å²) in [4.78, 5) is 94.4. The van der Waals surface area contributed by atoms with Gasteiger partial charge in [0.05, 0.1) is 0 Å². The van der Waals surface area contributed by atoms with Gasteiger partial charge in [-0.25, -0.2) is 14.4 Å². The number of nitrogens with one attached hydrogen (secondary N) is 1. The molecule has 0 aromatic carbocycles. The van der Waals surface area contributed by atoms with Gasteiger partial charge in [-0.15, -0.1) is 0 Å². The molecule has 101 heavy (non-hydrogen) atoms. The van der Waals surface area contributed by atoms with Gasteiger partial charge in [-0.05, 0) is 220 Å². The maximum absolute atomic E-state index is 11.8. The summed E-state index contributed by atoms with van der Waals surface area (Å²) in [5.74, 6) is 0.286. The van der Waals surface area contributed by atoms with Crippen molar-refractivity contribution in [2.24, 2.45) is 37.9 Å². The predicted octanol–water partition coefficient (Wildman–Crippen LogP) is 21.2. The van der Waals surface area contributed by atoms with Gasteiger partial charge in [0.1, 0.15) is 16.8 Å². The summed E-state index contributed by atoms with van der Waals surface area (Å²) in [6.45, 7) is 71.2. The first-order chi connectivity index (χ1) is 45.2. The minimum atomic E-state index is -0.466. The van der Waals surface area contributed by atoms with Gasteiger partial charge in [0.2, 0.25) is 5.91 Å². The van der Waals surface area contributed by atoms with Gasteiger partial charge in [-0.2, -0.15) is 0 Å². The maximum Gasteiger partial charge on any atom is 0.331 e. The first kappa shape index (κ1) is 104. The van der Waals surface area contributed by atoms with Crippen LogP contribution in [0.2, 0.25) is 0 Å². The predicted molar refractivity (Wildman–Crippen MR) is 429 cm³/mol. The summed E-state index contributed by atoms with van der Waals surface area (Å²) in [5, 5.41) is 2.71. The molecule has 3 aliphatic carbocycles. The second kappa shape index (κ2) is 47.7. The smallest absolute Gasteiger partial charge is 0.331 e. The Balaban J connectivity index is -0.000000349. The Morgan fingerprint density at radius 2 is 0.733 bits per heavy atom. The van der Waals surface area contributed by atoms with Gasteiger partial charge in [0, 0.05) is 77.8 Å². The number of hydrogen-bond donors (Lipinski definition) is 1. The van der Waals surface area contributed by atoms with Crippen LogP contribution in [0.5, 0.6) is 0 Å². The third-order valence-corrected chi connectivity index (χ3v) is 17.4. The van der Waals surface area contributed by atoms with E-state index in [0.29, 0.717) is 22.8 Å². The van der Waals surface area contributed by atoms with E-state index >= 15 is 0 Å². The SMILES string of the molecule is C/C=C/C(=O)OC(C)(C)C(C)(C)C.C=CC(=O)NC(C)(C)C.C=CC(=O)OC(C)(C)C(C)(C)C.CC(C)(C)CCC(=O)C1=CCC1.CC(C)(C)CCC(=O)C1=CCCC1.CC(C)(C)CCC(=O)C1=CCCCC1.CN(C)C/C=C/C(=O)C(C)(C)C.CN(C)C/C=C/C(=O)OC(C)(C)C(C)(C)C. The second-order valence-electron chi connectivity index (χ2n) is 37.5. The molecule has 3 aliphatic rings. The minimum Gasteiger partial charge on any atom is -0.456 e. The molecule has 0 spiro atoms. The molecule has 1 N–H and O–H groups in total. The molecule has 0 aromatic heterocycles. The van der Waals surface area contributed by atoms with Gasteiger partial charge < -0.3 is 29.3 Å². The van der Waals surface area contributed by atoms with Crippen molar-refractivity contribution in [2.45, 2.75) is 333 Å². The number of ketones is 4. The minimum absolute atomic E-state index is 0.0513. The van der Waals surface area contributed by atoms with Crippen molar-refractivity contribution >= 4 is 46.9 Å². The van der Waals surface area contributed by atoms with Gasteiger partial charge in [-0.1, -0.05) is 195 Å². The molecule has 3 rings (SSSR count). The number of Topliss-reactive ketones (excluding diaryl/α,β-unsaturated/α-hetero) is 3. The number of carbonyl (C=O) groups excluding carboxylic acids is 8. The second-order valence-corrected chi connectivity index (χ2v) is 37.5. The van der Waals surface area contributed by atoms with Crippen LogP contribution in [0.1, 0.15) is 311 Å². The van der Waals surface area contributed by atoms with E-state index in [-0.39, 0.29) is 67.6 Å². The van der Waals surface area contributed by atoms with Crippen molar-refractivity contribution < 1.29 is 52.6 Å². The Kier molecular flexibility index (Phi) is 49.1. The number of nitrogens with zero attached hydrogens (tertiary/aromatic N) is 2. The molecule has 0 aromatic rings. The summed E-state index contributed by atoms with van der Waals surface area (Å²) >= 11 is 0. The third kappa shape index (κ3) is 58.5.